The molecular weight excluding hydrogens is 348 g/mol. The smallest absolute Gasteiger partial charge is 0.336 e. The van der Waals surface area contributed by atoms with E-state index < -0.39 is 0 Å². The molecular formula is C21H21ClN2O2. The molecule has 0 aliphatic carbocycles. The third kappa shape index (κ3) is 3.48. The van der Waals surface area contributed by atoms with Crippen LogP contribution < -0.4 is 10.5 Å². The van der Waals surface area contributed by atoms with Crippen molar-refractivity contribution in [2.45, 2.75) is 13.5 Å². The van der Waals surface area contributed by atoms with Gasteiger partial charge in [-0.25, -0.2) is 4.79 Å². The molecule has 2 aromatic carbocycles. The van der Waals surface area contributed by atoms with Crippen LogP contribution in [0.1, 0.15) is 11.1 Å². The van der Waals surface area contributed by atoms with Crippen LogP contribution in [0.2, 0.25) is 5.02 Å². The molecule has 134 valence electrons. The van der Waals surface area contributed by atoms with Crippen molar-refractivity contribution in [1.82, 2.24) is 4.90 Å². The van der Waals surface area contributed by atoms with Gasteiger partial charge in [-0.1, -0.05) is 29.8 Å². The number of hydrogen-bond donors (Lipinski definition) is 0. The lowest BCUT2D eigenvalue weighted by Gasteiger charge is -2.37. The van der Waals surface area contributed by atoms with Gasteiger partial charge in [0.25, 0.3) is 0 Å². The van der Waals surface area contributed by atoms with Crippen LogP contribution in [0.5, 0.6) is 0 Å². The third-order valence-corrected chi connectivity index (χ3v) is 5.46. The predicted molar refractivity (Wildman–Crippen MR) is 106 cm³/mol. The van der Waals surface area contributed by atoms with Gasteiger partial charge in [-0.05, 0) is 42.3 Å². The van der Waals surface area contributed by atoms with Gasteiger partial charge < -0.3 is 9.32 Å². The lowest BCUT2D eigenvalue weighted by Crippen LogP contribution is -2.46. The Morgan fingerprint density at radius 1 is 1.04 bits per heavy atom. The number of halogens is 1. The number of rotatable bonds is 3. The van der Waals surface area contributed by atoms with Crippen LogP contribution in [0.25, 0.3) is 11.0 Å². The lowest BCUT2D eigenvalue weighted by atomic mass is 10.1. The van der Waals surface area contributed by atoms with Gasteiger partial charge in [0, 0.05) is 54.9 Å². The highest BCUT2D eigenvalue weighted by Crippen LogP contribution is 2.27. The summed E-state index contributed by atoms with van der Waals surface area (Å²) in [6.07, 6.45) is 0. The molecule has 3 aromatic rings. The molecule has 0 unspecified atom stereocenters. The second kappa shape index (κ2) is 7.14. The summed E-state index contributed by atoms with van der Waals surface area (Å²) in [5, 5.41) is 1.78. The summed E-state index contributed by atoms with van der Waals surface area (Å²) in [6.45, 7) is 6.86. The first-order valence-electron chi connectivity index (χ1n) is 8.85. The zero-order valence-corrected chi connectivity index (χ0v) is 15.5. The van der Waals surface area contributed by atoms with Crippen molar-refractivity contribution in [3.8, 4) is 0 Å². The van der Waals surface area contributed by atoms with E-state index in [1.165, 1.54) is 17.3 Å². The second-order valence-corrected chi connectivity index (χ2v) is 7.18. The number of fused-ring (bicyclic) bond motifs is 1. The van der Waals surface area contributed by atoms with E-state index in [2.05, 4.69) is 28.9 Å². The normalized spacial score (nSPS) is 15.5. The largest absolute Gasteiger partial charge is 0.423 e. The maximum Gasteiger partial charge on any atom is 0.336 e. The van der Waals surface area contributed by atoms with Crippen molar-refractivity contribution < 1.29 is 4.42 Å². The first-order valence-corrected chi connectivity index (χ1v) is 9.23. The minimum Gasteiger partial charge on any atom is -0.423 e. The summed E-state index contributed by atoms with van der Waals surface area (Å²) in [7, 11) is 0. The molecule has 1 aliphatic heterocycles. The highest BCUT2D eigenvalue weighted by Gasteiger charge is 2.19. The molecule has 26 heavy (non-hydrogen) atoms. The van der Waals surface area contributed by atoms with Crippen molar-refractivity contribution in [2.75, 3.05) is 31.1 Å². The Morgan fingerprint density at radius 3 is 2.62 bits per heavy atom. The maximum atomic E-state index is 11.4. The van der Waals surface area contributed by atoms with Gasteiger partial charge >= 0.3 is 5.63 Å². The zero-order valence-electron chi connectivity index (χ0n) is 14.7. The summed E-state index contributed by atoms with van der Waals surface area (Å²) >= 11 is 6.26. The van der Waals surface area contributed by atoms with Gasteiger partial charge in [0.05, 0.1) is 0 Å². The van der Waals surface area contributed by atoms with Gasteiger partial charge in [0.1, 0.15) is 5.58 Å². The number of nitrogens with zero attached hydrogens (tertiary/aromatic N) is 2. The van der Waals surface area contributed by atoms with Crippen LogP contribution in [0, 0.1) is 6.92 Å². The summed E-state index contributed by atoms with van der Waals surface area (Å²) in [5.41, 5.74) is 3.89. The fourth-order valence-electron chi connectivity index (χ4n) is 3.55. The van der Waals surface area contributed by atoms with Gasteiger partial charge in [0.2, 0.25) is 0 Å². The second-order valence-electron chi connectivity index (χ2n) is 6.77. The molecule has 2 heterocycles. The standard InChI is InChI=1S/C21H21ClN2O2/c1-15-18(22)3-2-4-19(15)24-11-9-23(10-12-24)14-16-5-6-17-7-8-21(25)26-20(17)13-16/h2-8,13H,9-12,14H2,1H3. The number of benzene rings is 2. The van der Waals surface area contributed by atoms with Crippen molar-refractivity contribution in [3.63, 3.8) is 0 Å². The molecule has 0 saturated carbocycles. The minimum atomic E-state index is -0.305. The Bertz CT molecular complexity index is 991. The zero-order chi connectivity index (χ0) is 18.1. The average Bonchev–Trinajstić information content (AvgIpc) is 2.64. The van der Waals surface area contributed by atoms with E-state index in [1.54, 1.807) is 6.07 Å². The number of anilines is 1. The van der Waals surface area contributed by atoms with Crippen molar-refractivity contribution >= 4 is 28.3 Å². The molecule has 1 fully saturated rings. The fourth-order valence-corrected chi connectivity index (χ4v) is 3.72. The van der Waals surface area contributed by atoms with Gasteiger partial charge in [-0.15, -0.1) is 0 Å². The van der Waals surface area contributed by atoms with Crippen LogP contribution in [-0.4, -0.2) is 31.1 Å². The molecule has 0 N–H and O–H groups in total. The van der Waals surface area contributed by atoms with E-state index in [-0.39, 0.29) is 5.63 Å². The molecule has 1 aliphatic rings. The quantitative estimate of drug-likeness (QED) is 0.653. The van der Waals surface area contributed by atoms with Crippen LogP contribution >= 0.6 is 11.6 Å². The topological polar surface area (TPSA) is 36.7 Å². The first-order chi connectivity index (χ1) is 12.6. The van der Waals surface area contributed by atoms with E-state index >= 15 is 0 Å². The minimum absolute atomic E-state index is 0.305. The van der Waals surface area contributed by atoms with Crippen LogP contribution in [0.3, 0.4) is 0 Å². The Labute approximate surface area is 157 Å². The van der Waals surface area contributed by atoms with Crippen LogP contribution in [0.4, 0.5) is 5.69 Å². The molecule has 1 saturated heterocycles. The van der Waals surface area contributed by atoms with Crippen molar-refractivity contribution in [2.24, 2.45) is 0 Å². The van der Waals surface area contributed by atoms with Crippen LogP contribution in [-0.2, 0) is 6.54 Å². The molecule has 0 radical (unpaired) electrons. The Morgan fingerprint density at radius 2 is 1.81 bits per heavy atom. The Kier molecular flexibility index (Phi) is 4.70. The van der Waals surface area contributed by atoms with E-state index in [1.807, 2.05) is 24.3 Å². The molecule has 0 amide bonds. The molecule has 0 bridgehead atoms. The SMILES string of the molecule is Cc1c(Cl)cccc1N1CCN(Cc2ccc3ccc(=O)oc3c2)CC1. The molecule has 4 rings (SSSR count). The summed E-state index contributed by atoms with van der Waals surface area (Å²) in [5.74, 6) is 0. The maximum absolute atomic E-state index is 11.4. The highest BCUT2D eigenvalue weighted by atomic mass is 35.5. The molecule has 5 heteroatoms. The van der Waals surface area contributed by atoms with Gasteiger partial charge in [-0.3, -0.25) is 4.90 Å². The number of hydrogen-bond acceptors (Lipinski definition) is 4. The third-order valence-electron chi connectivity index (χ3n) is 5.05. The van der Waals surface area contributed by atoms with E-state index in [9.17, 15) is 4.79 Å². The van der Waals surface area contributed by atoms with E-state index in [0.29, 0.717) is 5.58 Å². The first kappa shape index (κ1) is 17.1. The van der Waals surface area contributed by atoms with Gasteiger partial charge in [-0.2, -0.15) is 0 Å². The van der Waals surface area contributed by atoms with E-state index in [0.717, 1.165) is 48.7 Å². The summed E-state index contributed by atoms with van der Waals surface area (Å²) in [6, 6.07) is 15.5. The van der Waals surface area contributed by atoms with Crippen molar-refractivity contribution in [3.05, 3.63) is 75.1 Å². The highest BCUT2D eigenvalue weighted by molar-refractivity contribution is 6.31. The molecule has 1 aromatic heterocycles. The predicted octanol–water partition coefficient (Wildman–Crippen LogP) is 4.08. The summed E-state index contributed by atoms with van der Waals surface area (Å²) in [4.78, 5) is 16.2. The number of piperazine rings is 1. The Hall–Kier alpha value is -2.30. The lowest BCUT2D eigenvalue weighted by molar-refractivity contribution is 0.250. The average molecular weight is 369 g/mol. The molecule has 0 atom stereocenters. The van der Waals surface area contributed by atoms with Gasteiger partial charge in [0.15, 0.2) is 0 Å². The van der Waals surface area contributed by atoms with Crippen LogP contribution in [0.15, 0.2) is 57.7 Å². The molecule has 0 spiro atoms. The monoisotopic (exact) mass is 368 g/mol. The van der Waals surface area contributed by atoms with E-state index in [4.69, 9.17) is 16.0 Å². The summed E-state index contributed by atoms with van der Waals surface area (Å²) < 4.78 is 5.30. The van der Waals surface area contributed by atoms with Crippen molar-refractivity contribution in [1.29, 1.82) is 0 Å². The fraction of sp³-hybridized carbons (Fsp3) is 0.286. The Balaban J connectivity index is 1.44. The molecule has 4 nitrogen and oxygen atoms in total.